The Kier molecular flexibility index (Phi) is 4.82. The van der Waals surface area contributed by atoms with Crippen LogP contribution in [-0.2, 0) is 9.84 Å². The summed E-state index contributed by atoms with van der Waals surface area (Å²) in [6.45, 7) is 4.08. The zero-order valence-corrected chi connectivity index (χ0v) is 12.2. The lowest BCUT2D eigenvalue weighted by molar-refractivity contribution is 0.237. The van der Waals surface area contributed by atoms with Gasteiger partial charge in [-0.25, -0.2) is 8.42 Å². The molecule has 1 aliphatic rings. The van der Waals surface area contributed by atoms with Crippen LogP contribution in [-0.4, -0.2) is 45.8 Å². The molecule has 0 aromatic heterocycles. The molecule has 0 radical (unpaired) electrons. The van der Waals surface area contributed by atoms with Crippen molar-refractivity contribution in [1.29, 1.82) is 0 Å². The number of piperidine rings is 1. The van der Waals surface area contributed by atoms with Crippen LogP contribution in [0.2, 0.25) is 0 Å². The third-order valence-corrected chi connectivity index (χ3v) is 4.63. The Morgan fingerprint density at radius 3 is 2.53 bits per heavy atom. The van der Waals surface area contributed by atoms with Crippen LogP contribution in [0.1, 0.15) is 19.3 Å². The highest BCUT2D eigenvalue weighted by molar-refractivity contribution is 7.90. The zero-order valence-electron chi connectivity index (χ0n) is 11.4. The van der Waals surface area contributed by atoms with Crippen LogP contribution in [0.25, 0.3) is 0 Å². The van der Waals surface area contributed by atoms with Crippen molar-refractivity contribution in [1.82, 2.24) is 4.90 Å². The Balaban J connectivity index is 1.92. The van der Waals surface area contributed by atoms with Crippen LogP contribution in [0.5, 0.6) is 0 Å². The number of sulfone groups is 1. The lowest BCUT2D eigenvalue weighted by Crippen LogP contribution is -2.33. The topological polar surface area (TPSA) is 49.4 Å². The van der Waals surface area contributed by atoms with Crippen molar-refractivity contribution in [3.8, 4) is 0 Å². The van der Waals surface area contributed by atoms with E-state index in [-0.39, 0.29) is 0 Å². The Morgan fingerprint density at radius 1 is 1.16 bits per heavy atom. The molecule has 4 nitrogen and oxygen atoms in total. The molecule has 0 bridgehead atoms. The predicted molar refractivity (Wildman–Crippen MR) is 78.3 cm³/mol. The molecular weight excluding hydrogens is 260 g/mol. The Morgan fingerprint density at radius 2 is 1.84 bits per heavy atom. The molecule has 0 spiro atoms. The first-order valence-corrected chi connectivity index (χ1v) is 8.72. The second-order valence-corrected chi connectivity index (χ2v) is 7.08. The van der Waals surface area contributed by atoms with Gasteiger partial charge in [0.15, 0.2) is 9.84 Å². The van der Waals surface area contributed by atoms with Crippen molar-refractivity contribution >= 4 is 15.5 Å². The summed E-state index contributed by atoms with van der Waals surface area (Å²) in [4.78, 5) is 2.81. The Hall–Kier alpha value is -1.07. The molecular formula is C14H22N2O2S. The summed E-state index contributed by atoms with van der Waals surface area (Å²) in [7, 11) is -3.16. The van der Waals surface area contributed by atoms with Gasteiger partial charge in [0.05, 0.1) is 10.6 Å². The largest absolute Gasteiger partial charge is 0.383 e. The molecule has 0 atom stereocenters. The van der Waals surface area contributed by atoms with E-state index < -0.39 is 9.84 Å². The van der Waals surface area contributed by atoms with Gasteiger partial charge in [-0.3, -0.25) is 0 Å². The minimum atomic E-state index is -3.16. The lowest BCUT2D eigenvalue weighted by Gasteiger charge is -2.26. The van der Waals surface area contributed by atoms with Gasteiger partial charge < -0.3 is 10.2 Å². The summed E-state index contributed by atoms with van der Waals surface area (Å²) in [5, 5.41) is 3.25. The second kappa shape index (κ2) is 6.39. The summed E-state index contributed by atoms with van der Waals surface area (Å²) in [5.41, 5.74) is 0.710. The van der Waals surface area contributed by atoms with E-state index in [0.29, 0.717) is 10.6 Å². The fourth-order valence-electron chi connectivity index (χ4n) is 2.47. The Labute approximate surface area is 115 Å². The molecule has 1 aromatic carbocycles. The summed E-state index contributed by atoms with van der Waals surface area (Å²) in [6.07, 6.45) is 5.14. The average molecular weight is 282 g/mol. The van der Waals surface area contributed by atoms with E-state index in [1.54, 1.807) is 12.1 Å². The minimum Gasteiger partial charge on any atom is -0.383 e. The number of nitrogens with one attached hydrogen (secondary N) is 1. The van der Waals surface area contributed by atoms with Crippen molar-refractivity contribution in [2.24, 2.45) is 0 Å². The maximum Gasteiger partial charge on any atom is 0.177 e. The van der Waals surface area contributed by atoms with E-state index >= 15 is 0 Å². The molecule has 5 heteroatoms. The first-order valence-electron chi connectivity index (χ1n) is 6.83. The molecule has 19 heavy (non-hydrogen) atoms. The third-order valence-electron chi connectivity index (χ3n) is 3.48. The fourth-order valence-corrected chi connectivity index (χ4v) is 3.33. The van der Waals surface area contributed by atoms with E-state index in [0.717, 1.165) is 26.2 Å². The molecule has 0 aliphatic carbocycles. The first-order chi connectivity index (χ1) is 9.07. The van der Waals surface area contributed by atoms with Crippen molar-refractivity contribution in [3.05, 3.63) is 24.3 Å². The number of nitrogens with zero attached hydrogens (tertiary/aromatic N) is 1. The van der Waals surface area contributed by atoms with Crippen LogP contribution in [0.4, 0.5) is 5.69 Å². The molecule has 106 valence electrons. The van der Waals surface area contributed by atoms with Crippen LogP contribution < -0.4 is 5.32 Å². The molecule has 1 heterocycles. The van der Waals surface area contributed by atoms with E-state index in [9.17, 15) is 8.42 Å². The number of para-hydroxylation sites is 1. The first kappa shape index (κ1) is 14.3. The summed E-state index contributed by atoms with van der Waals surface area (Å²) in [5.74, 6) is 0. The number of likely N-dealkylation sites (tertiary alicyclic amines) is 1. The van der Waals surface area contributed by atoms with Crippen LogP contribution in [0.3, 0.4) is 0 Å². The van der Waals surface area contributed by atoms with Gasteiger partial charge in [-0.15, -0.1) is 0 Å². The number of hydrogen-bond acceptors (Lipinski definition) is 4. The highest BCUT2D eigenvalue weighted by Gasteiger charge is 2.13. The number of benzene rings is 1. The number of anilines is 1. The molecule has 1 N–H and O–H groups in total. The molecule has 1 aromatic rings. The highest BCUT2D eigenvalue weighted by Crippen LogP contribution is 2.20. The standard InChI is InChI=1S/C14H22N2O2S/c1-19(17,18)14-8-4-3-7-13(14)15-9-12-16-10-5-2-6-11-16/h3-4,7-8,15H,2,5-6,9-12H2,1H3. The smallest absolute Gasteiger partial charge is 0.177 e. The molecule has 1 saturated heterocycles. The Bertz CT molecular complexity index is 508. The van der Waals surface area contributed by atoms with Crippen molar-refractivity contribution in [2.45, 2.75) is 24.2 Å². The van der Waals surface area contributed by atoms with Gasteiger partial charge in [0.25, 0.3) is 0 Å². The summed E-state index contributed by atoms with van der Waals surface area (Å²) >= 11 is 0. The molecule has 1 aliphatic heterocycles. The van der Waals surface area contributed by atoms with Gasteiger partial charge in [-0.05, 0) is 38.1 Å². The monoisotopic (exact) mass is 282 g/mol. The van der Waals surface area contributed by atoms with Crippen molar-refractivity contribution in [2.75, 3.05) is 37.8 Å². The van der Waals surface area contributed by atoms with Gasteiger partial charge in [0.1, 0.15) is 0 Å². The van der Waals surface area contributed by atoms with Gasteiger partial charge in [0.2, 0.25) is 0 Å². The van der Waals surface area contributed by atoms with Crippen molar-refractivity contribution < 1.29 is 8.42 Å². The highest BCUT2D eigenvalue weighted by atomic mass is 32.2. The van der Waals surface area contributed by atoms with E-state index in [1.807, 2.05) is 12.1 Å². The predicted octanol–water partition coefficient (Wildman–Crippen LogP) is 1.99. The van der Waals surface area contributed by atoms with Crippen LogP contribution in [0.15, 0.2) is 29.2 Å². The SMILES string of the molecule is CS(=O)(=O)c1ccccc1NCCN1CCCCC1. The van der Waals surface area contributed by atoms with E-state index in [1.165, 1.54) is 25.5 Å². The molecule has 0 amide bonds. The third kappa shape index (κ3) is 4.21. The normalized spacial score (nSPS) is 17.3. The minimum absolute atomic E-state index is 0.383. The lowest BCUT2D eigenvalue weighted by atomic mass is 10.1. The van der Waals surface area contributed by atoms with Crippen LogP contribution in [0, 0.1) is 0 Å². The quantitative estimate of drug-likeness (QED) is 0.897. The van der Waals surface area contributed by atoms with Crippen molar-refractivity contribution in [3.63, 3.8) is 0 Å². The maximum atomic E-state index is 11.7. The van der Waals surface area contributed by atoms with Gasteiger partial charge in [-0.1, -0.05) is 18.6 Å². The summed E-state index contributed by atoms with van der Waals surface area (Å²) in [6, 6.07) is 7.09. The van der Waals surface area contributed by atoms with Gasteiger partial charge in [0, 0.05) is 19.3 Å². The molecule has 0 unspecified atom stereocenters. The van der Waals surface area contributed by atoms with Gasteiger partial charge in [-0.2, -0.15) is 0 Å². The summed E-state index contributed by atoms with van der Waals surface area (Å²) < 4.78 is 23.3. The van der Waals surface area contributed by atoms with Gasteiger partial charge >= 0.3 is 0 Å². The second-order valence-electron chi connectivity index (χ2n) is 5.10. The number of rotatable bonds is 5. The fraction of sp³-hybridized carbons (Fsp3) is 0.571. The van der Waals surface area contributed by atoms with E-state index in [2.05, 4.69) is 10.2 Å². The average Bonchev–Trinajstić information content (AvgIpc) is 2.39. The number of hydrogen-bond donors (Lipinski definition) is 1. The maximum absolute atomic E-state index is 11.7. The molecule has 1 fully saturated rings. The van der Waals surface area contributed by atoms with E-state index in [4.69, 9.17) is 0 Å². The molecule has 0 saturated carbocycles. The zero-order chi connectivity index (χ0) is 13.7. The van der Waals surface area contributed by atoms with Crippen LogP contribution >= 0.6 is 0 Å². The molecule has 2 rings (SSSR count).